The van der Waals surface area contributed by atoms with Crippen molar-refractivity contribution in [2.75, 3.05) is 13.7 Å². The summed E-state index contributed by atoms with van der Waals surface area (Å²) in [5.41, 5.74) is 2.53. The SMILES string of the molecule is CNC1c2cc(C)cc(Br)c2OCC1C. The van der Waals surface area contributed by atoms with Crippen molar-refractivity contribution in [1.29, 1.82) is 0 Å². The molecule has 2 nitrogen and oxygen atoms in total. The quantitative estimate of drug-likeness (QED) is 0.846. The molecule has 2 rings (SSSR count). The fourth-order valence-electron chi connectivity index (χ4n) is 2.20. The van der Waals surface area contributed by atoms with E-state index < -0.39 is 0 Å². The van der Waals surface area contributed by atoms with E-state index in [2.05, 4.69) is 47.2 Å². The molecule has 0 fully saturated rings. The average Bonchev–Trinajstić information content (AvgIpc) is 2.17. The van der Waals surface area contributed by atoms with E-state index in [-0.39, 0.29) is 0 Å². The number of halogens is 1. The van der Waals surface area contributed by atoms with Crippen LogP contribution in [0.5, 0.6) is 5.75 Å². The van der Waals surface area contributed by atoms with Gasteiger partial charge in [0.15, 0.2) is 0 Å². The molecule has 0 radical (unpaired) electrons. The first kappa shape index (κ1) is 11.0. The summed E-state index contributed by atoms with van der Waals surface area (Å²) in [5, 5.41) is 3.36. The van der Waals surface area contributed by atoms with Crippen LogP contribution in [-0.4, -0.2) is 13.7 Å². The van der Waals surface area contributed by atoms with Gasteiger partial charge in [0, 0.05) is 17.5 Å². The van der Waals surface area contributed by atoms with Gasteiger partial charge in [-0.2, -0.15) is 0 Å². The number of benzene rings is 1. The first-order chi connectivity index (χ1) is 7.13. The third kappa shape index (κ3) is 1.91. The highest BCUT2D eigenvalue weighted by atomic mass is 79.9. The summed E-state index contributed by atoms with van der Waals surface area (Å²) in [4.78, 5) is 0. The molecule has 1 N–H and O–H groups in total. The number of aryl methyl sites for hydroxylation is 1. The van der Waals surface area contributed by atoms with Gasteiger partial charge in [-0.15, -0.1) is 0 Å². The van der Waals surface area contributed by atoms with Crippen LogP contribution in [0.25, 0.3) is 0 Å². The molecule has 0 saturated carbocycles. The fourth-order valence-corrected chi connectivity index (χ4v) is 2.90. The van der Waals surface area contributed by atoms with Crippen molar-refractivity contribution in [3.63, 3.8) is 0 Å². The maximum atomic E-state index is 5.77. The molecule has 2 unspecified atom stereocenters. The van der Waals surface area contributed by atoms with Crippen LogP contribution in [0.4, 0.5) is 0 Å². The van der Waals surface area contributed by atoms with Crippen molar-refractivity contribution < 1.29 is 4.74 Å². The first-order valence-electron chi connectivity index (χ1n) is 5.23. The van der Waals surface area contributed by atoms with E-state index in [4.69, 9.17) is 4.74 Å². The highest BCUT2D eigenvalue weighted by Gasteiger charge is 2.28. The molecule has 82 valence electrons. The van der Waals surface area contributed by atoms with E-state index in [0.717, 1.165) is 16.8 Å². The third-order valence-electron chi connectivity index (χ3n) is 2.92. The van der Waals surface area contributed by atoms with Crippen molar-refractivity contribution in [2.24, 2.45) is 5.92 Å². The van der Waals surface area contributed by atoms with Gasteiger partial charge < -0.3 is 10.1 Å². The van der Waals surface area contributed by atoms with Crippen molar-refractivity contribution in [3.8, 4) is 5.75 Å². The van der Waals surface area contributed by atoms with Crippen LogP contribution in [0.3, 0.4) is 0 Å². The minimum absolute atomic E-state index is 0.393. The maximum Gasteiger partial charge on any atom is 0.138 e. The van der Waals surface area contributed by atoms with E-state index in [1.807, 2.05) is 7.05 Å². The molecule has 2 atom stereocenters. The van der Waals surface area contributed by atoms with Crippen molar-refractivity contribution in [1.82, 2.24) is 5.32 Å². The fraction of sp³-hybridized carbons (Fsp3) is 0.500. The molecule has 0 aromatic heterocycles. The monoisotopic (exact) mass is 269 g/mol. The smallest absolute Gasteiger partial charge is 0.138 e. The van der Waals surface area contributed by atoms with Crippen LogP contribution in [0.1, 0.15) is 24.1 Å². The molecule has 1 aromatic rings. The number of ether oxygens (including phenoxy) is 1. The van der Waals surface area contributed by atoms with E-state index in [1.165, 1.54) is 11.1 Å². The lowest BCUT2D eigenvalue weighted by atomic mass is 9.91. The van der Waals surface area contributed by atoms with Gasteiger partial charge in [-0.3, -0.25) is 0 Å². The van der Waals surface area contributed by atoms with Crippen LogP contribution >= 0.6 is 15.9 Å². The number of hydrogen-bond donors (Lipinski definition) is 1. The van der Waals surface area contributed by atoms with Crippen LogP contribution in [0, 0.1) is 12.8 Å². The molecule has 0 bridgehead atoms. The standard InChI is InChI=1S/C12H16BrNO/c1-7-4-9-11(14-3)8(2)6-15-12(9)10(13)5-7/h4-5,8,11,14H,6H2,1-3H3. The number of fused-ring (bicyclic) bond motifs is 1. The Balaban J connectivity index is 2.52. The molecular weight excluding hydrogens is 254 g/mol. The summed E-state index contributed by atoms with van der Waals surface area (Å²) in [5.74, 6) is 1.51. The molecule has 1 aliphatic rings. The van der Waals surface area contributed by atoms with Gasteiger partial charge in [-0.05, 0) is 41.5 Å². The topological polar surface area (TPSA) is 21.3 Å². The highest BCUT2D eigenvalue weighted by Crippen LogP contribution is 2.40. The Morgan fingerprint density at radius 1 is 1.47 bits per heavy atom. The van der Waals surface area contributed by atoms with Gasteiger partial charge in [-0.1, -0.05) is 13.0 Å². The first-order valence-corrected chi connectivity index (χ1v) is 6.03. The maximum absolute atomic E-state index is 5.77. The summed E-state index contributed by atoms with van der Waals surface area (Å²) in [6.45, 7) is 5.09. The predicted molar refractivity (Wildman–Crippen MR) is 65.3 cm³/mol. The average molecular weight is 270 g/mol. The Hall–Kier alpha value is -0.540. The molecular formula is C12H16BrNO. The summed E-state index contributed by atoms with van der Waals surface area (Å²) in [7, 11) is 2.01. The minimum atomic E-state index is 0.393. The molecule has 3 heteroatoms. The van der Waals surface area contributed by atoms with Gasteiger partial charge in [0.05, 0.1) is 11.1 Å². The zero-order valence-corrected chi connectivity index (χ0v) is 10.9. The van der Waals surface area contributed by atoms with Gasteiger partial charge in [-0.25, -0.2) is 0 Å². The zero-order valence-electron chi connectivity index (χ0n) is 9.30. The van der Waals surface area contributed by atoms with Gasteiger partial charge in [0.2, 0.25) is 0 Å². The summed E-state index contributed by atoms with van der Waals surface area (Å²) in [6.07, 6.45) is 0. The zero-order chi connectivity index (χ0) is 11.0. The lowest BCUT2D eigenvalue weighted by Gasteiger charge is -2.32. The van der Waals surface area contributed by atoms with Gasteiger partial charge in [0.25, 0.3) is 0 Å². The molecule has 1 aromatic carbocycles. The molecule has 1 aliphatic heterocycles. The Labute approximate surface area is 99.1 Å². The Bertz CT molecular complexity index is 378. The Kier molecular flexibility index (Phi) is 3.03. The highest BCUT2D eigenvalue weighted by molar-refractivity contribution is 9.10. The predicted octanol–water partition coefficient (Wildman–Crippen LogP) is 3.05. The van der Waals surface area contributed by atoms with Crippen LogP contribution in [0.15, 0.2) is 16.6 Å². The molecule has 15 heavy (non-hydrogen) atoms. The summed E-state index contributed by atoms with van der Waals surface area (Å²) < 4.78 is 6.83. The minimum Gasteiger partial charge on any atom is -0.492 e. The lowest BCUT2D eigenvalue weighted by Crippen LogP contribution is -2.32. The number of hydrogen-bond acceptors (Lipinski definition) is 2. The van der Waals surface area contributed by atoms with Crippen LogP contribution in [0.2, 0.25) is 0 Å². The summed E-state index contributed by atoms with van der Waals surface area (Å²) >= 11 is 3.56. The van der Waals surface area contributed by atoms with Crippen molar-refractivity contribution in [2.45, 2.75) is 19.9 Å². The third-order valence-corrected chi connectivity index (χ3v) is 3.51. The number of rotatable bonds is 1. The molecule has 1 heterocycles. The number of nitrogens with one attached hydrogen (secondary N) is 1. The molecule has 0 saturated heterocycles. The largest absolute Gasteiger partial charge is 0.492 e. The second kappa shape index (κ2) is 4.14. The van der Waals surface area contributed by atoms with Gasteiger partial charge >= 0.3 is 0 Å². The normalized spacial score (nSPS) is 24.5. The molecule has 0 amide bonds. The second-order valence-electron chi connectivity index (χ2n) is 4.22. The van der Waals surface area contributed by atoms with E-state index in [0.29, 0.717) is 12.0 Å². The second-order valence-corrected chi connectivity index (χ2v) is 5.07. The summed E-state index contributed by atoms with van der Waals surface area (Å²) in [6, 6.07) is 4.70. The Morgan fingerprint density at radius 3 is 2.87 bits per heavy atom. The van der Waals surface area contributed by atoms with E-state index >= 15 is 0 Å². The molecule has 0 spiro atoms. The van der Waals surface area contributed by atoms with Crippen LogP contribution < -0.4 is 10.1 Å². The van der Waals surface area contributed by atoms with E-state index in [9.17, 15) is 0 Å². The molecule has 0 aliphatic carbocycles. The van der Waals surface area contributed by atoms with Crippen LogP contribution in [-0.2, 0) is 0 Å². The van der Waals surface area contributed by atoms with Gasteiger partial charge in [0.1, 0.15) is 5.75 Å². The Morgan fingerprint density at radius 2 is 2.20 bits per heavy atom. The van der Waals surface area contributed by atoms with E-state index in [1.54, 1.807) is 0 Å². The van der Waals surface area contributed by atoms with Crippen molar-refractivity contribution in [3.05, 3.63) is 27.7 Å². The lowest BCUT2D eigenvalue weighted by molar-refractivity contribution is 0.192. The van der Waals surface area contributed by atoms with Crippen molar-refractivity contribution >= 4 is 15.9 Å².